The van der Waals surface area contributed by atoms with E-state index < -0.39 is 11.9 Å². The molecule has 0 radical (unpaired) electrons. The number of hydrogen-bond donors (Lipinski definition) is 1. The largest absolute Gasteiger partial charge is 0.493 e. The van der Waals surface area contributed by atoms with Crippen molar-refractivity contribution in [2.24, 2.45) is 5.41 Å². The highest BCUT2D eigenvalue weighted by molar-refractivity contribution is 5.93. The molecule has 0 bridgehead atoms. The van der Waals surface area contributed by atoms with Gasteiger partial charge in [-0.3, -0.25) is 9.78 Å². The van der Waals surface area contributed by atoms with Gasteiger partial charge in [-0.15, -0.1) is 0 Å². The van der Waals surface area contributed by atoms with E-state index in [9.17, 15) is 18.0 Å². The van der Waals surface area contributed by atoms with E-state index in [0.717, 1.165) is 18.1 Å². The lowest BCUT2D eigenvalue weighted by atomic mass is 9.92. The Labute approximate surface area is 177 Å². The van der Waals surface area contributed by atoms with Crippen molar-refractivity contribution in [1.82, 2.24) is 19.5 Å². The fourth-order valence-corrected chi connectivity index (χ4v) is 3.15. The van der Waals surface area contributed by atoms with Crippen LogP contribution in [0, 0.1) is 12.3 Å². The van der Waals surface area contributed by atoms with Crippen molar-refractivity contribution in [2.45, 2.75) is 46.8 Å². The summed E-state index contributed by atoms with van der Waals surface area (Å²) in [5, 5.41) is 2.80. The number of pyridine rings is 1. The standard InChI is InChI=1S/C21H24F3N5O2/c1-12-6-14-15(29(12)11-13-9-26-17(10-25-13)21(22,23)24)7-16(31-5)19(27-14)28-18(30)8-20(2,3)4/h6-7,9-10H,8,11H2,1-5H3,(H,27,28,30). The SMILES string of the molecule is COc1cc2c(cc(C)n2Cc2cnc(C(F)(F)F)cn2)nc1NC(=O)CC(C)(C)C. The van der Waals surface area contributed by atoms with Crippen LogP contribution in [0.4, 0.5) is 19.0 Å². The van der Waals surface area contributed by atoms with E-state index in [1.165, 1.54) is 7.11 Å². The molecule has 7 nitrogen and oxygen atoms in total. The van der Waals surface area contributed by atoms with Gasteiger partial charge in [-0.1, -0.05) is 20.8 Å². The molecule has 0 fully saturated rings. The van der Waals surface area contributed by atoms with Crippen molar-refractivity contribution in [2.75, 3.05) is 12.4 Å². The van der Waals surface area contributed by atoms with Gasteiger partial charge in [0, 0.05) is 18.2 Å². The molecular weight excluding hydrogens is 411 g/mol. The van der Waals surface area contributed by atoms with E-state index >= 15 is 0 Å². The molecule has 0 aliphatic heterocycles. The number of halogens is 3. The lowest BCUT2D eigenvalue weighted by molar-refractivity contribution is -0.141. The maximum atomic E-state index is 12.7. The molecule has 3 rings (SSSR count). The number of nitrogens with zero attached hydrogens (tertiary/aromatic N) is 4. The number of methoxy groups -OCH3 is 1. The number of fused-ring (bicyclic) bond motifs is 1. The Hall–Kier alpha value is -3.17. The second-order valence-corrected chi connectivity index (χ2v) is 8.49. The van der Waals surface area contributed by atoms with Crippen LogP contribution in [0.1, 0.15) is 44.3 Å². The van der Waals surface area contributed by atoms with E-state index in [2.05, 4.69) is 20.3 Å². The molecule has 166 valence electrons. The summed E-state index contributed by atoms with van der Waals surface area (Å²) in [7, 11) is 1.48. The summed E-state index contributed by atoms with van der Waals surface area (Å²) in [4.78, 5) is 24.2. The van der Waals surface area contributed by atoms with Gasteiger partial charge < -0.3 is 14.6 Å². The molecule has 10 heteroatoms. The fourth-order valence-electron chi connectivity index (χ4n) is 3.15. The van der Waals surface area contributed by atoms with Gasteiger partial charge in [-0.2, -0.15) is 13.2 Å². The first-order valence-corrected chi connectivity index (χ1v) is 9.60. The molecule has 0 aliphatic rings. The van der Waals surface area contributed by atoms with Crippen molar-refractivity contribution in [3.63, 3.8) is 0 Å². The number of hydrogen-bond acceptors (Lipinski definition) is 5. The number of ether oxygens (including phenoxy) is 1. The third kappa shape index (κ3) is 5.31. The van der Waals surface area contributed by atoms with Crippen LogP contribution in [0.25, 0.3) is 11.0 Å². The minimum Gasteiger partial charge on any atom is -0.493 e. The molecule has 0 saturated carbocycles. The molecule has 3 aromatic heterocycles. The summed E-state index contributed by atoms with van der Waals surface area (Å²) >= 11 is 0. The molecule has 3 heterocycles. The zero-order valence-corrected chi connectivity index (χ0v) is 18.0. The minimum absolute atomic E-state index is 0.172. The molecule has 3 aromatic rings. The van der Waals surface area contributed by atoms with Crippen LogP contribution in [0.5, 0.6) is 5.75 Å². The molecule has 1 amide bonds. The molecule has 31 heavy (non-hydrogen) atoms. The van der Waals surface area contributed by atoms with Gasteiger partial charge in [-0.25, -0.2) is 9.97 Å². The predicted octanol–water partition coefficient (Wildman–Crippen LogP) is 4.59. The molecule has 0 unspecified atom stereocenters. The number of carbonyl (C=O) groups is 1. The van der Waals surface area contributed by atoms with Crippen LogP contribution in [0.2, 0.25) is 0 Å². The summed E-state index contributed by atoms with van der Waals surface area (Å²) < 4.78 is 45.4. The van der Waals surface area contributed by atoms with Crippen LogP contribution in [0.3, 0.4) is 0 Å². The topological polar surface area (TPSA) is 81.9 Å². The Morgan fingerprint density at radius 2 is 1.87 bits per heavy atom. The lowest BCUT2D eigenvalue weighted by Crippen LogP contribution is -2.20. The third-order valence-corrected chi connectivity index (χ3v) is 4.54. The Morgan fingerprint density at radius 3 is 2.42 bits per heavy atom. The van der Waals surface area contributed by atoms with Crippen LogP contribution >= 0.6 is 0 Å². The predicted molar refractivity (Wildman–Crippen MR) is 110 cm³/mol. The quantitative estimate of drug-likeness (QED) is 0.634. The Bertz CT molecular complexity index is 1100. The van der Waals surface area contributed by atoms with Gasteiger partial charge in [0.1, 0.15) is 0 Å². The Balaban J connectivity index is 1.92. The van der Waals surface area contributed by atoms with Crippen LogP contribution < -0.4 is 10.1 Å². The van der Waals surface area contributed by atoms with Crippen LogP contribution in [-0.4, -0.2) is 32.5 Å². The van der Waals surface area contributed by atoms with Gasteiger partial charge in [0.05, 0.1) is 42.8 Å². The summed E-state index contributed by atoms with van der Waals surface area (Å²) in [6, 6.07) is 3.56. The van der Waals surface area contributed by atoms with Crippen LogP contribution in [-0.2, 0) is 17.5 Å². The van der Waals surface area contributed by atoms with Gasteiger partial charge in [0.15, 0.2) is 17.3 Å². The van der Waals surface area contributed by atoms with E-state index in [-0.39, 0.29) is 17.9 Å². The number of anilines is 1. The van der Waals surface area contributed by atoms with E-state index in [1.807, 2.05) is 38.3 Å². The number of aromatic nitrogens is 4. The van der Waals surface area contributed by atoms with Crippen molar-refractivity contribution >= 4 is 22.8 Å². The number of aryl methyl sites for hydroxylation is 1. The van der Waals surface area contributed by atoms with E-state index in [0.29, 0.717) is 34.7 Å². The zero-order chi connectivity index (χ0) is 23.0. The summed E-state index contributed by atoms with van der Waals surface area (Å²) in [5.74, 6) is 0.525. The minimum atomic E-state index is -4.54. The molecule has 0 saturated heterocycles. The smallest absolute Gasteiger partial charge is 0.434 e. The highest BCUT2D eigenvalue weighted by Crippen LogP contribution is 2.31. The van der Waals surface area contributed by atoms with Gasteiger partial charge in [0.25, 0.3) is 0 Å². The third-order valence-electron chi connectivity index (χ3n) is 4.54. The van der Waals surface area contributed by atoms with Gasteiger partial charge in [-0.05, 0) is 18.4 Å². The number of nitrogens with one attached hydrogen (secondary N) is 1. The Morgan fingerprint density at radius 1 is 1.16 bits per heavy atom. The fraction of sp³-hybridized carbons (Fsp3) is 0.429. The number of alkyl halides is 3. The van der Waals surface area contributed by atoms with Crippen molar-refractivity contribution in [3.05, 3.63) is 41.6 Å². The first kappa shape index (κ1) is 22.5. The molecule has 0 aliphatic carbocycles. The van der Waals surface area contributed by atoms with E-state index in [4.69, 9.17) is 4.74 Å². The first-order valence-electron chi connectivity index (χ1n) is 9.60. The second kappa shape index (κ2) is 8.16. The van der Waals surface area contributed by atoms with E-state index in [1.54, 1.807) is 6.07 Å². The average Bonchev–Trinajstić information content (AvgIpc) is 2.93. The lowest BCUT2D eigenvalue weighted by Gasteiger charge is -2.18. The summed E-state index contributed by atoms with van der Waals surface area (Å²) in [6.07, 6.45) is -2.38. The normalized spacial score (nSPS) is 12.3. The van der Waals surface area contributed by atoms with Crippen molar-refractivity contribution in [1.29, 1.82) is 0 Å². The molecule has 0 spiro atoms. The molecule has 1 N–H and O–H groups in total. The number of carbonyl (C=O) groups excluding carboxylic acids is 1. The Kier molecular flexibility index (Phi) is 5.93. The van der Waals surface area contributed by atoms with Gasteiger partial charge in [0.2, 0.25) is 5.91 Å². The molecular formula is C21H24F3N5O2. The highest BCUT2D eigenvalue weighted by atomic mass is 19.4. The highest BCUT2D eigenvalue weighted by Gasteiger charge is 2.32. The number of amides is 1. The average molecular weight is 435 g/mol. The maximum absolute atomic E-state index is 12.7. The molecule has 0 atom stereocenters. The number of rotatable bonds is 5. The second-order valence-electron chi connectivity index (χ2n) is 8.49. The summed E-state index contributed by atoms with van der Waals surface area (Å²) in [6.45, 7) is 7.96. The monoisotopic (exact) mass is 435 g/mol. The molecule has 0 aromatic carbocycles. The van der Waals surface area contributed by atoms with Crippen LogP contribution in [0.15, 0.2) is 24.5 Å². The zero-order valence-electron chi connectivity index (χ0n) is 18.0. The van der Waals surface area contributed by atoms with Crippen molar-refractivity contribution < 1.29 is 22.7 Å². The maximum Gasteiger partial charge on any atom is 0.434 e. The summed E-state index contributed by atoms with van der Waals surface area (Å²) in [5.41, 5.74) is 1.29. The van der Waals surface area contributed by atoms with Crippen molar-refractivity contribution in [3.8, 4) is 5.75 Å². The first-order chi connectivity index (χ1) is 14.4. The van der Waals surface area contributed by atoms with Gasteiger partial charge >= 0.3 is 6.18 Å².